The van der Waals surface area contributed by atoms with Crippen LogP contribution in [0, 0.1) is 11.6 Å². The number of carboxylic acids is 1. The van der Waals surface area contributed by atoms with Gasteiger partial charge in [0.15, 0.2) is 11.6 Å². The molecular weight excluding hydrogens is 256 g/mol. The topological polar surface area (TPSA) is 70.2 Å². The molecular formula is C13H9F2NO3. The molecule has 1 fully saturated rings. The van der Waals surface area contributed by atoms with Crippen LogP contribution in [0.2, 0.25) is 0 Å². The van der Waals surface area contributed by atoms with Crippen molar-refractivity contribution in [2.45, 2.75) is 18.8 Å². The molecule has 0 amide bonds. The first-order valence-corrected chi connectivity index (χ1v) is 5.77. The Morgan fingerprint density at radius 1 is 1.26 bits per heavy atom. The van der Waals surface area contributed by atoms with Gasteiger partial charge in [0.25, 0.3) is 0 Å². The smallest absolute Gasteiger partial charge is 0.341 e. The molecule has 2 N–H and O–H groups in total. The van der Waals surface area contributed by atoms with Crippen LogP contribution < -0.4 is 5.43 Å². The summed E-state index contributed by atoms with van der Waals surface area (Å²) in [5.74, 6) is -3.62. The van der Waals surface area contributed by atoms with Gasteiger partial charge in [-0.2, -0.15) is 0 Å². The second-order valence-corrected chi connectivity index (χ2v) is 4.63. The molecule has 0 saturated heterocycles. The van der Waals surface area contributed by atoms with Gasteiger partial charge >= 0.3 is 5.97 Å². The summed E-state index contributed by atoms with van der Waals surface area (Å²) in [5.41, 5.74) is -0.727. The van der Waals surface area contributed by atoms with Gasteiger partial charge in [-0.15, -0.1) is 0 Å². The number of halogens is 2. The fourth-order valence-corrected chi connectivity index (χ4v) is 2.19. The lowest BCUT2D eigenvalue weighted by molar-refractivity contribution is 0.0694. The summed E-state index contributed by atoms with van der Waals surface area (Å²) in [7, 11) is 0. The van der Waals surface area contributed by atoms with E-state index in [9.17, 15) is 18.4 Å². The Morgan fingerprint density at radius 2 is 1.89 bits per heavy atom. The van der Waals surface area contributed by atoms with Crippen molar-refractivity contribution < 1.29 is 18.7 Å². The predicted molar refractivity (Wildman–Crippen MR) is 63.4 cm³/mol. The number of pyridine rings is 1. The van der Waals surface area contributed by atoms with Crippen LogP contribution in [0.1, 0.15) is 34.8 Å². The van der Waals surface area contributed by atoms with Gasteiger partial charge < -0.3 is 10.1 Å². The van der Waals surface area contributed by atoms with Crippen molar-refractivity contribution in [2.75, 3.05) is 0 Å². The minimum Gasteiger partial charge on any atom is -0.477 e. The number of aromatic nitrogens is 1. The number of hydrogen-bond acceptors (Lipinski definition) is 2. The van der Waals surface area contributed by atoms with Crippen LogP contribution in [0.15, 0.2) is 16.9 Å². The van der Waals surface area contributed by atoms with Gasteiger partial charge in [-0.05, 0) is 18.9 Å². The van der Waals surface area contributed by atoms with E-state index >= 15 is 0 Å². The highest BCUT2D eigenvalue weighted by atomic mass is 19.2. The van der Waals surface area contributed by atoms with Gasteiger partial charge in [-0.25, -0.2) is 13.6 Å². The third-order valence-electron chi connectivity index (χ3n) is 3.27. The van der Waals surface area contributed by atoms with Crippen LogP contribution in [0.25, 0.3) is 10.9 Å². The SMILES string of the molecule is O=C(O)c1c(C2CC2)[nH]c2cc(F)c(F)cc2c1=O. The van der Waals surface area contributed by atoms with E-state index in [4.69, 9.17) is 5.11 Å². The largest absolute Gasteiger partial charge is 0.477 e. The Kier molecular flexibility index (Phi) is 2.41. The minimum atomic E-state index is -1.35. The number of nitrogens with one attached hydrogen (secondary N) is 1. The molecule has 19 heavy (non-hydrogen) atoms. The number of aromatic carboxylic acids is 1. The van der Waals surface area contributed by atoms with Gasteiger partial charge in [0.1, 0.15) is 5.56 Å². The lowest BCUT2D eigenvalue weighted by atomic mass is 10.1. The van der Waals surface area contributed by atoms with Gasteiger partial charge in [0.05, 0.1) is 5.52 Å². The van der Waals surface area contributed by atoms with Crippen LogP contribution in [0.5, 0.6) is 0 Å². The second-order valence-electron chi connectivity index (χ2n) is 4.63. The first kappa shape index (κ1) is 11.8. The average Bonchev–Trinajstić information content (AvgIpc) is 3.15. The number of fused-ring (bicyclic) bond motifs is 1. The summed E-state index contributed by atoms with van der Waals surface area (Å²) in [6, 6.07) is 1.61. The monoisotopic (exact) mass is 265 g/mol. The van der Waals surface area contributed by atoms with Crippen molar-refractivity contribution in [3.8, 4) is 0 Å². The van der Waals surface area contributed by atoms with E-state index in [1.165, 1.54) is 0 Å². The zero-order valence-electron chi connectivity index (χ0n) is 9.67. The van der Waals surface area contributed by atoms with E-state index in [1.54, 1.807) is 0 Å². The van der Waals surface area contributed by atoms with Gasteiger partial charge in [0, 0.05) is 23.1 Å². The highest BCUT2D eigenvalue weighted by molar-refractivity contribution is 5.94. The molecule has 0 atom stereocenters. The summed E-state index contributed by atoms with van der Waals surface area (Å²) in [6.07, 6.45) is 1.57. The van der Waals surface area contributed by atoms with E-state index in [0.717, 1.165) is 25.0 Å². The molecule has 1 heterocycles. The molecule has 1 aromatic heterocycles. The van der Waals surface area contributed by atoms with Crippen molar-refractivity contribution in [3.05, 3.63) is 45.2 Å². The molecule has 1 saturated carbocycles. The maximum atomic E-state index is 13.2. The molecule has 0 spiro atoms. The molecule has 0 unspecified atom stereocenters. The summed E-state index contributed by atoms with van der Waals surface area (Å²) >= 11 is 0. The van der Waals surface area contributed by atoms with Crippen molar-refractivity contribution in [1.29, 1.82) is 0 Å². The van der Waals surface area contributed by atoms with E-state index in [0.29, 0.717) is 5.69 Å². The molecule has 3 rings (SSSR count). The number of rotatable bonds is 2. The molecule has 4 nitrogen and oxygen atoms in total. The number of carboxylic acid groups (broad SMARTS) is 1. The quantitative estimate of drug-likeness (QED) is 0.875. The number of aromatic amines is 1. The zero-order valence-corrected chi connectivity index (χ0v) is 9.67. The molecule has 1 aromatic carbocycles. The predicted octanol–water partition coefficient (Wildman–Crippen LogP) is 2.38. The minimum absolute atomic E-state index is 0.0173. The van der Waals surface area contributed by atoms with Crippen LogP contribution >= 0.6 is 0 Å². The Morgan fingerprint density at radius 3 is 2.47 bits per heavy atom. The van der Waals surface area contributed by atoms with E-state index in [-0.39, 0.29) is 22.4 Å². The lowest BCUT2D eigenvalue weighted by Gasteiger charge is -2.08. The van der Waals surface area contributed by atoms with E-state index < -0.39 is 23.0 Å². The van der Waals surface area contributed by atoms with Crippen LogP contribution in [-0.2, 0) is 0 Å². The molecule has 1 aliphatic rings. The van der Waals surface area contributed by atoms with E-state index in [1.807, 2.05) is 0 Å². The fraction of sp³-hybridized carbons (Fsp3) is 0.231. The third-order valence-corrected chi connectivity index (χ3v) is 3.27. The highest BCUT2D eigenvalue weighted by Crippen LogP contribution is 2.40. The standard InChI is InChI=1S/C13H9F2NO3/c14-7-3-6-9(4-8(7)15)16-11(5-1-2-5)10(12(6)17)13(18)19/h3-5H,1-2H2,(H,16,17)(H,18,19). The van der Waals surface area contributed by atoms with Gasteiger partial charge in [-0.3, -0.25) is 4.79 Å². The maximum Gasteiger partial charge on any atom is 0.341 e. The van der Waals surface area contributed by atoms with Crippen LogP contribution in [0.4, 0.5) is 8.78 Å². The lowest BCUT2D eigenvalue weighted by Crippen LogP contribution is -2.19. The van der Waals surface area contributed by atoms with Gasteiger partial charge in [-0.1, -0.05) is 0 Å². The third kappa shape index (κ3) is 1.80. The first-order chi connectivity index (χ1) is 8.99. The van der Waals surface area contributed by atoms with Crippen LogP contribution in [0.3, 0.4) is 0 Å². The first-order valence-electron chi connectivity index (χ1n) is 5.77. The maximum absolute atomic E-state index is 13.2. The summed E-state index contributed by atoms with van der Waals surface area (Å²) in [5, 5.41) is 8.97. The number of benzene rings is 1. The average molecular weight is 265 g/mol. The van der Waals surface area contributed by atoms with Gasteiger partial charge in [0.2, 0.25) is 5.43 Å². The Bertz CT molecular complexity index is 763. The number of hydrogen-bond donors (Lipinski definition) is 2. The molecule has 6 heteroatoms. The molecule has 1 aliphatic carbocycles. The molecule has 0 radical (unpaired) electrons. The molecule has 2 aromatic rings. The molecule has 98 valence electrons. The van der Waals surface area contributed by atoms with Crippen molar-refractivity contribution >= 4 is 16.9 Å². The molecule has 0 bridgehead atoms. The summed E-state index contributed by atoms with van der Waals surface area (Å²) in [4.78, 5) is 26.0. The Labute approximate surface area is 105 Å². The Balaban J connectivity index is 2.42. The second kappa shape index (κ2) is 3.88. The van der Waals surface area contributed by atoms with Crippen molar-refractivity contribution in [1.82, 2.24) is 4.98 Å². The van der Waals surface area contributed by atoms with Crippen LogP contribution in [-0.4, -0.2) is 16.1 Å². The Hall–Kier alpha value is -2.24. The summed E-state index contributed by atoms with van der Waals surface area (Å²) in [6.45, 7) is 0. The van der Waals surface area contributed by atoms with Crippen molar-refractivity contribution in [2.24, 2.45) is 0 Å². The molecule has 0 aliphatic heterocycles. The summed E-state index contributed by atoms with van der Waals surface area (Å²) < 4.78 is 26.3. The highest BCUT2D eigenvalue weighted by Gasteiger charge is 2.31. The fourth-order valence-electron chi connectivity index (χ4n) is 2.19. The zero-order chi connectivity index (χ0) is 13.7. The number of H-pyrrole nitrogens is 1. The normalized spacial score (nSPS) is 14.8. The van der Waals surface area contributed by atoms with E-state index in [2.05, 4.69) is 4.98 Å². The number of carbonyl (C=O) groups is 1. The van der Waals surface area contributed by atoms with Crippen molar-refractivity contribution in [3.63, 3.8) is 0 Å².